The van der Waals surface area contributed by atoms with Gasteiger partial charge >= 0.3 is 0 Å². The molecule has 1 aliphatic rings. The molecule has 8 heteroatoms. The fourth-order valence-electron chi connectivity index (χ4n) is 3.07. The Morgan fingerprint density at radius 2 is 2.03 bits per heavy atom. The number of carbonyl (C=O) groups excluding carboxylic acids is 1. The van der Waals surface area contributed by atoms with E-state index < -0.39 is 0 Å². The van der Waals surface area contributed by atoms with Gasteiger partial charge in [0.2, 0.25) is 0 Å². The highest BCUT2D eigenvalue weighted by atomic mass is 35.5. The summed E-state index contributed by atoms with van der Waals surface area (Å²) in [4.78, 5) is 19.8. The number of amides is 1. The van der Waals surface area contributed by atoms with Crippen LogP contribution in [0.25, 0.3) is 0 Å². The minimum absolute atomic E-state index is 0.0804. The highest BCUT2D eigenvalue weighted by molar-refractivity contribution is 7.04. The third kappa shape index (κ3) is 5.69. The van der Waals surface area contributed by atoms with E-state index >= 15 is 0 Å². The fourth-order valence-corrected chi connectivity index (χ4v) is 4.28. The second kappa shape index (κ2) is 9.43. The fraction of sp³-hybridized carbons (Fsp3) is 0.524. The van der Waals surface area contributed by atoms with E-state index in [1.165, 1.54) is 18.6 Å². The molecule has 0 aliphatic carbocycles. The first-order valence-electron chi connectivity index (χ1n) is 9.73. The van der Waals surface area contributed by atoms with Crippen molar-refractivity contribution in [3.63, 3.8) is 0 Å². The summed E-state index contributed by atoms with van der Waals surface area (Å²) in [6.07, 6.45) is 2.95. The summed E-state index contributed by atoms with van der Waals surface area (Å²) in [6.45, 7) is 10.8. The summed E-state index contributed by atoms with van der Waals surface area (Å²) in [5.74, 6) is 0.123. The molecule has 0 saturated carbocycles. The number of halogens is 1. The topological polar surface area (TPSA) is 56.1 Å². The minimum Gasteiger partial charge on any atom is -0.496 e. The minimum atomic E-state index is -0.347. The van der Waals surface area contributed by atoms with Crippen molar-refractivity contribution in [2.75, 3.05) is 40.0 Å². The van der Waals surface area contributed by atoms with E-state index in [0.717, 1.165) is 49.5 Å². The van der Waals surface area contributed by atoms with Crippen molar-refractivity contribution in [2.24, 2.45) is 4.99 Å². The van der Waals surface area contributed by atoms with E-state index in [4.69, 9.17) is 21.1 Å². The Kier molecular flexibility index (Phi) is 7.16. The maximum Gasteiger partial charge on any atom is 0.282 e. The van der Waals surface area contributed by atoms with Crippen molar-refractivity contribution < 1.29 is 14.3 Å². The molecule has 29 heavy (non-hydrogen) atoms. The van der Waals surface area contributed by atoms with Crippen molar-refractivity contribution in [2.45, 2.75) is 32.7 Å². The molecule has 1 amide bonds. The number of hydrogen-bond donors (Lipinski definition) is 0. The summed E-state index contributed by atoms with van der Waals surface area (Å²) < 4.78 is 13.6. The first kappa shape index (κ1) is 22.0. The van der Waals surface area contributed by atoms with Gasteiger partial charge < -0.3 is 9.47 Å². The van der Waals surface area contributed by atoms with Crippen LogP contribution in [0.3, 0.4) is 0 Å². The Morgan fingerprint density at radius 3 is 2.69 bits per heavy atom. The van der Waals surface area contributed by atoms with Gasteiger partial charge in [-0.1, -0.05) is 11.6 Å². The molecule has 158 valence electrons. The smallest absolute Gasteiger partial charge is 0.282 e. The van der Waals surface area contributed by atoms with Crippen LogP contribution in [-0.4, -0.2) is 54.7 Å². The second-order valence-electron chi connectivity index (χ2n) is 8.01. The zero-order valence-electron chi connectivity index (χ0n) is 17.4. The van der Waals surface area contributed by atoms with Crippen molar-refractivity contribution in [1.29, 1.82) is 0 Å². The third-order valence-corrected chi connectivity index (χ3v) is 6.40. The molecule has 1 fully saturated rings. The highest BCUT2D eigenvalue weighted by Crippen LogP contribution is 2.23. The predicted octanol–water partition coefficient (Wildman–Crippen LogP) is 3.58. The summed E-state index contributed by atoms with van der Waals surface area (Å²) >= 11 is 7.59. The summed E-state index contributed by atoms with van der Waals surface area (Å²) in [6, 6.07) is 4.99. The van der Waals surface area contributed by atoms with Crippen LogP contribution < -0.4 is 9.41 Å². The SMILES string of the molecule is COc1ccc(Cl)cc1C(=O)N=c1sn(C(C)(C)C)cc1CCN1CCOCC1. The summed E-state index contributed by atoms with van der Waals surface area (Å²) in [5, 5.41) is 0.479. The van der Waals surface area contributed by atoms with E-state index in [9.17, 15) is 4.79 Å². The van der Waals surface area contributed by atoms with Gasteiger partial charge in [0.25, 0.3) is 5.91 Å². The first-order chi connectivity index (χ1) is 13.8. The van der Waals surface area contributed by atoms with Crippen molar-refractivity contribution in [1.82, 2.24) is 8.86 Å². The number of aromatic nitrogens is 1. The Bertz CT molecular complexity index is 924. The van der Waals surface area contributed by atoms with Crippen LogP contribution in [-0.2, 0) is 16.7 Å². The number of rotatable bonds is 5. The normalized spacial score (nSPS) is 16.2. The molecule has 2 heterocycles. The second-order valence-corrected chi connectivity index (χ2v) is 9.41. The van der Waals surface area contributed by atoms with E-state index in [0.29, 0.717) is 16.3 Å². The number of ether oxygens (including phenoxy) is 2. The van der Waals surface area contributed by atoms with Gasteiger partial charge in [0.15, 0.2) is 0 Å². The maximum atomic E-state index is 12.9. The number of methoxy groups -OCH3 is 1. The molecule has 0 atom stereocenters. The van der Waals surface area contributed by atoms with Crippen LogP contribution in [0.4, 0.5) is 0 Å². The van der Waals surface area contributed by atoms with Gasteiger partial charge in [-0.2, -0.15) is 4.99 Å². The van der Waals surface area contributed by atoms with E-state index in [2.05, 4.69) is 40.8 Å². The lowest BCUT2D eigenvalue weighted by Crippen LogP contribution is -2.37. The van der Waals surface area contributed by atoms with Crippen LogP contribution in [0, 0.1) is 0 Å². The van der Waals surface area contributed by atoms with Crippen LogP contribution in [0.2, 0.25) is 5.02 Å². The predicted molar refractivity (Wildman–Crippen MR) is 116 cm³/mol. The molecule has 2 aromatic rings. The van der Waals surface area contributed by atoms with Crippen LogP contribution >= 0.6 is 23.1 Å². The molecular formula is C21H28ClN3O3S. The zero-order chi connectivity index (χ0) is 21.0. The standard InChI is InChI=1S/C21H28ClN3O3S/c1-21(2,3)25-14-15(7-8-24-9-11-28-12-10-24)20(29-25)23-19(26)17-13-16(22)5-6-18(17)27-4/h5-6,13-14H,7-12H2,1-4H3. The first-order valence-corrected chi connectivity index (χ1v) is 10.9. The largest absolute Gasteiger partial charge is 0.496 e. The quantitative estimate of drug-likeness (QED) is 0.717. The van der Waals surface area contributed by atoms with E-state index in [1.54, 1.807) is 18.2 Å². The Labute approximate surface area is 180 Å². The molecule has 0 N–H and O–H groups in total. The van der Waals surface area contributed by atoms with Crippen molar-refractivity contribution in [3.8, 4) is 5.75 Å². The molecule has 0 bridgehead atoms. The van der Waals surface area contributed by atoms with Gasteiger partial charge in [0, 0.05) is 42.0 Å². The van der Waals surface area contributed by atoms with Gasteiger partial charge in [-0.05, 0) is 56.9 Å². The van der Waals surface area contributed by atoms with Crippen molar-refractivity contribution in [3.05, 3.63) is 45.2 Å². The highest BCUT2D eigenvalue weighted by Gasteiger charge is 2.19. The molecule has 1 aliphatic heterocycles. The number of nitrogens with zero attached hydrogens (tertiary/aromatic N) is 3. The van der Waals surface area contributed by atoms with Gasteiger partial charge in [-0.25, -0.2) is 0 Å². The lowest BCUT2D eigenvalue weighted by Gasteiger charge is -2.26. The average Bonchev–Trinajstić information content (AvgIpc) is 3.10. The van der Waals surface area contributed by atoms with Crippen LogP contribution in [0.15, 0.2) is 29.4 Å². The number of carbonyl (C=O) groups is 1. The molecule has 1 saturated heterocycles. The molecule has 0 radical (unpaired) electrons. The molecular weight excluding hydrogens is 410 g/mol. The molecule has 1 aromatic carbocycles. The van der Waals surface area contributed by atoms with E-state index in [-0.39, 0.29) is 11.4 Å². The Morgan fingerprint density at radius 1 is 1.31 bits per heavy atom. The van der Waals surface area contributed by atoms with Gasteiger partial charge in [-0.3, -0.25) is 13.7 Å². The molecule has 0 spiro atoms. The number of morpholine rings is 1. The maximum absolute atomic E-state index is 12.9. The third-order valence-electron chi connectivity index (χ3n) is 4.79. The molecule has 6 nitrogen and oxygen atoms in total. The van der Waals surface area contributed by atoms with Gasteiger partial charge in [-0.15, -0.1) is 0 Å². The van der Waals surface area contributed by atoms with E-state index in [1.807, 2.05) is 0 Å². The van der Waals surface area contributed by atoms with Gasteiger partial charge in [0.1, 0.15) is 10.4 Å². The van der Waals surface area contributed by atoms with Crippen LogP contribution in [0.1, 0.15) is 36.7 Å². The van der Waals surface area contributed by atoms with Crippen LogP contribution in [0.5, 0.6) is 5.75 Å². The molecule has 1 aromatic heterocycles. The Hall–Kier alpha value is -1.67. The average molecular weight is 438 g/mol. The summed E-state index contributed by atoms with van der Waals surface area (Å²) in [5.41, 5.74) is 1.36. The lowest BCUT2D eigenvalue weighted by molar-refractivity contribution is 0.0384. The molecule has 0 unspecified atom stereocenters. The van der Waals surface area contributed by atoms with Gasteiger partial charge in [0.05, 0.1) is 25.9 Å². The number of hydrogen-bond acceptors (Lipinski definition) is 5. The zero-order valence-corrected chi connectivity index (χ0v) is 19.0. The summed E-state index contributed by atoms with van der Waals surface area (Å²) in [7, 11) is 1.53. The number of benzene rings is 1. The lowest BCUT2D eigenvalue weighted by atomic mass is 10.1. The van der Waals surface area contributed by atoms with Crippen molar-refractivity contribution >= 4 is 29.0 Å². The Balaban J connectivity index is 1.92. The monoisotopic (exact) mass is 437 g/mol. The molecule has 3 rings (SSSR count).